The highest BCUT2D eigenvalue weighted by Crippen LogP contribution is 2.29. The van der Waals surface area contributed by atoms with Gasteiger partial charge in [-0.1, -0.05) is 11.6 Å². The van der Waals surface area contributed by atoms with Crippen molar-refractivity contribution in [3.05, 3.63) is 29.3 Å². The largest absolute Gasteiger partial charge is 0.466 e. The number of fused-ring (bicyclic) bond motifs is 1. The summed E-state index contributed by atoms with van der Waals surface area (Å²) in [7, 11) is 0. The Morgan fingerprint density at radius 2 is 2.05 bits per heavy atom. The molecule has 1 aromatic carbocycles. The third-order valence-corrected chi connectivity index (χ3v) is 3.19. The molecule has 0 saturated carbocycles. The highest BCUT2D eigenvalue weighted by Gasteiger charge is 2.35. The van der Waals surface area contributed by atoms with Gasteiger partial charge in [-0.05, 0) is 32.4 Å². The van der Waals surface area contributed by atoms with Crippen LogP contribution >= 0.6 is 0 Å². The summed E-state index contributed by atoms with van der Waals surface area (Å²) in [6.45, 7) is 4.32. The van der Waals surface area contributed by atoms with E-state index in [1.807, 2.05) is 13.0 Å². The molecule has 5 heteroatoms. The maximum atomic E-state index is 11.9. The Hall–Kier alpha value is -2.17. The fraction of sp³-hybridized carbons (Fsp3) is 0.400. The molecular weight excluding hydrogens is 258 g/mol. The van der Waals surface area contributed by atoms with E-state index in [4.69, 9.17) is 4.74 Å². The quantitative estimate of drug-likeness (QED) is 0.608. The van der Waals surface area contributed by atoms with Crippen LogP contribution in [-0.2, 0) is 14.3 Å². The van der Waals surface area contributed by atoms with Crippen LogP contribution in [0.5, 0.6) is 0 Å². The van der Waals surface area contributed by atoms with Crippen molar-refractivity contribution in [2.24, 2.45) is 0 Å². The van der Waals surface area contributed by atoms with Crippen LogP contribution in [0, 0.1) is 6.92 Å². The predicted molar refractivity (Wildman–Crippen MR) is 73.7 cm³/mol. The standard InChI is InChI=1S/C15H17NO4/c1-3-20-13(17)5-4-8-16-12-7-6-10(2)9-11(12)14(18)15(16)19/h6-7,9H,3-5,8H2,1-2H3. The van der Waals surface area contributed by atoms with Gasteiger partial charge in [0.05, 0.1) is 17.9 Å². The van der Waals surface area contributed by atoms with Crippen molar-refractivity contribution >= 4 is 23.3 Å². The number of nitrogens with zero attached hydrogens (tertiary/aromatic N) is 1. The van der Waals surface area contributed by atoms with E-state index >= 15 is 0 Å². The van der Waals surface area contributed by atoms with E-state index in [0.29, 0.717) is 30.8 Å². The average molecular weight is 275 g/mol. The normalized spacial score (nSPS) is 13.6. The van der Waals surface area contributed by atoms with Crippen LogP contribution in [0.3, 0.4) is 0 Å². The fourth-order valence-electron chi connectivity index (χ4n) is 2.25. The number of hydrogen-bond donors (Lipinski definition) is 0. The number of anilines is 1. The maximum absolute atomic E-state index is 11.9. The van der Waals surface area contributed by atoms with Gasteiger partial charge in [-0.15, -0.1) is 0 Å². The Bertz CT molecular complexity index is 565. The van der Waals surface area contributed by atoms with E-state index in [0.717, 1.165) is 5.56 Å². The minimum atomic E-state index is -0.519. The summed E-state index contributed by atoms with van der Waals surface area (Å²) in [6.07, 6.45) is 0.720. The van der Waals surface area contributed by atoms with Gasteiger partial charge in [-0.2, -0.15) is 0 Å². The lowest BCUT2D eigenvalue weighted by Crippen LogP contribution is -2.31. The molecule has 1 aliphatic rings. The fourth-order valence-corrected chi connectivity index (χ4v) is 2.25. The molecule has 0 atom stereocenters. The second kappa shape index (κ2) is 5.86. The summed E-state index contributed by atoms with van der Waals surface area (Å²) in [5.74, 6) is -1.27. The van der Waals surface area contributed by atoms with Crippen molar-refractivity contribution in [1.82, 2.24) is 0 Å². The number of carbonyl (C=O) groups excluding carboxylic acids is 3. The van der Waals surface area contributed by atoms with Crippen molar-refractivity contribution in [2.45, 2.75) is 26.7 Å². The number of carbonyl (C=O) groups is 3. The van der Waals surface area contributed by atoms with Gasteiger partial charge in [0.2, 0.25) is 0 Å². The van der Waals surface area contributed by atoms with Gasteiger partial charge < -0.3 is 9.64 Å². The SMILES string of the molecule is CCOC(=O)CCCN1C(=O)C(=O)c2cc(C)ccc21. The Kier molecular flexibility index (Phi) is 4.17. The first kappa shape index (κ1) is 14.2. The number of hydrogen-bond acceptors (Lipinski definition) is 4. The van der Waals surface area contributed by atoms with Crippen LogP contribution in [-0.4, -0.2) is 30.8 Å². The number of ketones is 1. The number of Topliss-reactive ketones (excluding diaryl/α,β-unsaturated/α-hetero) is 1. The summed E-state index contributed by atoms with van der Waals surface area (Å²) in [4.78, 5) is 36.5. The molecule has 1 amide bonds. The van der Waals surface area contributed by atoms with Gasteiger partial charge in [0.25, 0.3) is 11.7 Å². The number of amides is 1. The van der Waals surface area contributed by atoms with E-state index in [1.54, 1.807) is 19.1 Å². The van der Waals surface area contributed by atoms with E-state index in [-0.39, 0.29) is 12.4 Å². The van der Waals surface area contributed by atoms with Crippen LogP contribution < -0.4 is 4.90 Å². The lowest BCUT2D eigenvalue weighted by Gasteiger charge is -2.16. The number of ether oxygens (including phenoxy) is 1. The average Bonchev–Trinajstić information content (AvgIpc) is 2.64. The molecule has 0 saturated heterocycles. The van der Waals surface area contributed by atoms with Gasteiger partial charge in [0.1, 0.15) is 0 Å². The molecule has 0 spiro atoms. The third-order valence-electron chi connectivity index (χ3n) is 3.19. The number of esters is 1. The van der Waals surface area contributed by atoms with Crippen molar-refractivity contribution in [2.75, 3.05) is 18.1 Å². The molecule has 20 heavy (non-hydrogen) atoms. The minimum Gasteiger partial charge on any atom is -0.466 e. The molecule has 1 heterocycles. The van der Waals surface area contributed by atoms with Crippen LogP contribution in [0.1, 0.15) is 35.7 Å². The Morgan fingerprint density at radius 1 is 1.30 bits per heavy atom. The van der Waals surface area contributed by atoms with Crippen LogP contribution in [0.15, 0.2) is 18.2 Å². The summed E-state index contributed by atoms with van der Waals surface area (Å²) in [5, 5.41) is 0. The second-order valence-corrected chi connectivity index (χ2v) is 4.72. The van der Waals surface area contributed by atoms with E-state index < -0.39 is 11.7 Å². The molecule has 0 unspecified atom stereocenters. The molecule has 0 bridgehead atoms. The molecule has 1 aliphatic heterocycles. The first-order valence-corrected chi connectivity index (χ1v) is 6.67. The summed E-state index contributed by atoms with van der Waals surface area (Å²) in [6, 6.07) is 5.36. The maximum Gasteiger partial charge on any atom is 0.305 e. The summed E-state index contributed by atoms with van der Waals surface area (Å²) >= 11 is 0. The zero-order valence-electron chi connectivity index (χ0n) is 11.6. The predicted octanol–water partition coefficient (Wildman–Crippen LogP) is 1.87. The second-order valence-electron chi connectivity index (χ2n) is 4.72. The monoisotopic (exact) mass is 275 g/mol. The van der Waals surface area contributed by atoms with Gasteiger partial charge in [0.15, 0.2) is 0 Å². The molecule has 0 aliphatic carbocycles. The zero-order valence-corrected chi connectivity index (χ0v) is 11.6. The van der Waals surface area contributed by atoms with E-state index in [9.17, 15) is 14.4 Å². The van der Waals surface area contributed by atoms with E-state index in [1.165, 1.54) is 4.90 Å². The van der Waals surface area contributed by atoms with Crippen LogP contribution in [0.4, 0.5) is 5.69 Å². The van der Waals surface area contributed by atoms with Gasteiger partial charge in [0, 0.05) is 13.0 Å². The van der Waals surface area contributed by atoms with Gasteiger partial charge in [-0.3, -0.25) is 14.4 Å². The first-order valence-electron chi connectivity index (χ1n) is 6.67. The minimum absolute atomic E-state index is 0.243. The number of rotatable bonds is 5. The molecule has 0 N–H and O–H groups in total. The molecule has 106 valence electrons. The van der Waals surface area contributed by atoms with Crippen molar-refractivity contribution in [3.63, 3.8) is 0 Å². The van der Waals surface area contributed by atoms with Crippen molar-refractivity contribution in [3.8, 4) is 0 Å². The molecular formula is C15H17NO4. The third kappa shape index (κ3) is 2.71. The molecule has 0 radical (unpaired) electrons. The lowest BCUT2D eigenvalue weighted by atomic mass is 10.1. The van der Waals surface area contributed by atoms with Crippen LogP contribution in [0.25, 0.3) is 0 Å². The summed E-state index contributed by atoms with van der Waals surface area (Å²) < 4.78 is 4.83. The molecule has 0 fully saturated rings. The van der Waals surface area contributed by atoms with Crippen molar-refractivity contribution < 1.29 is 19.1 Å². The first-order chi connectivity index (χ1) is 9.54. The van der Waals surface area contributed by atoms with Crippen molar-refractivity contribution in [1.29, 1.82) is 0 Å². The van der Waals surface area contributed by atoms with Gasteiger partial charge >= 0.3 is 5.97 Å². The zero-order chi connectivity index (χ0) is 14.7. The lowest BCUT2D eigenvalue weighted by molar-refractivity contribution is -0.143. The number of aryl methyl sites for hydroxylation is 1. The Labute approximate surface area is 117 Å². The smallest absolute Gasteiger partial charge is 0.305 e. The Balaban J connectivity index is 2.05. The highest BCUT2D eigenvalue weighted by atomic mass is 16.5. The summed E-state index contributed by atoms with van der Waals surface area (Å²) in [5.41, 5.74) is 2.03. The number of benzene rings is 1. The molecule has 5 nitrogen and oxygen atoms in total. The van der Waals surface area contributed by atoms with Crippen LogP contribution in [0.2, 0.25) is 0 Å². The molecule has 2 rings (SSSR count). The Morgan fingerprint density at radius 3 is 2.75 bits per heavy atom. The molecule has 1 aromatic rings. The highest BCUT2D eigenvalue weighted by molar-refractivity contribution is 6.52. The molecule has 0 aromatic heterocycles. The van der Waals surface area contributed by atoms with E-state index in [2.05, 4.69) is 0 Å². The topological polar surface area (TPSA) is 63.7 Å². The van der Waals surface area contributed by atoms with Gasteiger partial charge in [-0.25, -0.2) is 0 Å².